The van der Waals surface area contributed by atoms with E-state index in [-0.39, 0.29) is 5.75 Å². The Bertz CT molecular complexity index is 286. The number of nitrogens with zero attached hydrogens (tertiary/aromatic N) is 1. The third-order valence-electron chi connectivity index (χ3n) is 1.19. The molecule has 0 unspecified atom stereocenters. The third-order valence-corrected chi connectivity index (χ3v) is 1.42. The second kappa shape index (κ2) is 3.25. The monoisotopic (exact) mass is 171 g/mol. The number of oxime groups is 1. The van der Waals surface area contributed by atoms with E-state index in [1.165, 1.54) is 6.07 Å². The Labute approximate surface area is 68.5 Å². The van der Waals surface area contributed by atoms with E-state index in [1.807, 2.05) is 0 Å². The molecule has 0 fully saturated rings. The first-order valence-electron chi connectivity index (χ1n) is 2.90. The second-order valence-electron chi connectivity index (χ2n) is 1.95. The van der Waals surface area contributed by atoms with Crippen molar-refractivity contribution in [2.24, 2.45) is 5.16 Å². The molecule has 0 aliphatic rings. The molecule has 0 aromatic heterocycles. The maximum atomic E-state index is 9.14. The van der Waals surface area contributed by atoms with Gasteiger partial charge in [0, 0.05) is 10.6 Å². The molecule has 11 heavy (non-hydrogen) atoms. The lowest BCUT2D eigenvalue weighted by Crippen LogP contribution is -1.81. The van der Waals surface area contributed by atoms with Crippen LogP contribution in [0.4, 0.5) is 0 Å². The van der Waals surface area contributed by atoms with E-state index in [0.29, 0.717) is 10.6 Å². The van der Waals surface area contributed by atoms with Crippen molar-refractivity contribution in [2.45, 2.75) is 0 Å². The lowest BCUT2D eigenvalue weighted by Gasteiger charge is -1.96. The fourth-order valence-electron chi connectivity index (χ4n) is 0.688. The molecule has 3 nitrogen and oxygen atoms in total. The van der Waals surface area contributed by atoms with Gasteiger partial charge in [0.1, 0.15) is 5.75 Å². The van der Waals surface area contributed by atoms with Crippen molar-refractivity contribution in [1.29, 1.82) is 0 Å². The highest BCUT2D eigenvalue weighted by Crippen LogP contribution is 2.19. The molecule has 2 N–H and O–H groups in total. The molecule has 0 bridgehead atoms. The van der Waals surface area contributed by atoms with Gasteiger partial charge in [-0.15, -0.1) is 0 Å². The molecule has 0 heterocycles. The average molecular weight is 172 g/mol. The summed E-state index contributed by atoms with van der Waals surface area (Å²) in [6.07, 6.45) is 1.13. The summed E-state index contributed by atoms with van der Waals surface area (Å²) in [7, 11) is 0. The first kappa shape index (κ1) is 7.88. The van der Waals surface area contributed by atoms with Crippen LogP contribution in [0.25, 0.3) is 0 Å². The number of aromatic hydroxyl groups is 1. The highest BCUT2D eigenvalue weighted by molar-refractivity contribution is 6.30. The van der Waals surface area contributed by atoms with Crippen LogP contribution in [0.5, 0.6) is 5.75 Å². The summed E-state index contributed by atoms with van der Waals surface area (Å²) in [5, 5.41) is 20.5. The number of rotatable bonds is 1. The van der Waals surface area contributed by atoms with E-state index in [2.05, 4.69) is 5.16 Å². The van der Waals surface area contributed by atoms with Crippen LogP contribution in [0.3, 0.4) is 0 Å². The van der Waals surface area contributed by atoms with Gasteiger partial charge in [0.25, 0.3) is 0 Å². The molecule has 0 aliphatic heterocycles. The van der Waals surface area contributed by atoms with Crippen molar-refractivity contribution in [3.63, 3.8) is 0 Å². The molecule has 0 amide bonds. The van der Waals surface area contributed by atoms with Gasteiger partial charge in [0.2, 0.25) is 0 Å². The van der Waals surface area contributed by atoms with Crippen molar-refractivity contribution in [2.75, 3.05) is 0 Å². The predicted octanol–water partition coefficient (Wildman–Crippen LogP) is 1.85. The van der Waals surface area contributed by atoms with Gasteiger partial charge in [-0.3, -0.25) is 0 Å². The van der Waals surface area contributed by atoms with E-state index in [0.717, 1.165) is 6.21 Å². The van der Waals surface area contributed by atoms with Gasteiger partial charge in [-0.2, -0.15) is 0 Å². The van der Waals surface area contributed by atoms with Gasteiger partial charge in [-0.25, -0.2) is 0 Å². The SMILES string of the molecule is ON=Cc1ccc(Cl)cc1O. The molecule has 0 aliphatic carbocycles. The number of phenolic OH excluding ortho intramolecular Hbond substituents is 1. The molecule has 0 saturated carbocycles. The van der Waals surface area contributed by atoms with E-state index in [9.17, 15) is 0 Å². The van der Waals surface area contributed by atoms with Crippen molar-refractivity contribution in [1.82, 2.24) is 0 Å². The fourth-order valence-corrected chi connectivity index (χ4v) is 0.855. The summed E-state index contributed by atoms with van der Waals surface area (Å²) < 4.78 is 0. The number of halogens is 1. The Morgan fingerprint density at radius 2 is 2.18 bits per heavy atom. The molecule has 1 rings (SSSR count). The Kier molecular flexibility index (Phi) is 2.33. The smallest absolute Gasteiger partial charge is 0.125 e. The van der Waals surface area contributed by atoms with Gasteiger partial charge in [0.15, 0.2) is 0 Å². The van der Waals surface area contributed by atoms with Crippen LogP contribution in [-0.2, 0) is 0 Å². The van der Waals surface area contributed by atoms with E-state index in [1.54, 1.807) is 12.1 Å². The highest BCUT2D eigenvalue weighted by Gasteiger charge is 1.97. The minimum Gasteiger partial charge on any atom is -0.507 e. The van der Waals surface area contributed by atoms with Crippen LogP contribution in [0.2, 0.25) is 5.02 Å². The second-order valence-corrected chi connectivity index (χ2v) is 2.38. The quantitative estimate of drug-likeness (QED) is 0.385. The summed E-state index contributed by atoms with van der Waals surface area (Å²) in [5.41, 5.74) is 0.428. The molecule has 4 heteroatoms. The maximum absolute atomic E-state index is 9.14. The lowest BCUT2D eigenvalue weighted by molar-refractivity contribution is 0.321. The van der Waals surface area contributed by atoms with Crippen LogP contribution in [-0.4, -0.2) is 16.5 Å². The number of benzene rings is 1. The van der Waals surface area contributed by atoms with Crippen molar-refractivity contribution in [3.05, 3.63) is 28.8 Å². The Balaban J connectivity index is 3.09. The maximum Gasteiger partial charge on any atom is 0.125 e. The summed E-state index contributed by atoms with van der Waals surface area (Å²) in [5.74, 6) is -0.00435. The van der Waals surface area contributed by atoms with Crippen molar-refractivity contribution < 1.29 is 10.3 Å². The summed E-state index contributed by atoms with van der Waals surface area (Å²) in [4.78, 5) is 0. The predicted molar refractivity (Wildman–Crippen MR) is 42.5 cm³/mol. The molecule has 0 spiro atoms. The summed E-state index contributed by atoms with van der Waals surface area (Å²) >= 11 is 5.55. The van der Waals surface area contributed by atoms with Crippen LogP contribution in [0.15, 0.2) is 23.4 Å². The number of hydrogen-bond donors (Lipinski definition) is 2. The molecule has 58 valence electrons. The third kappa shape index (κ3) is 1.85. The minimum absolute atomic E-state index is 0.00435. The van der Waals surface area contributed by atoms with Crippen LogP contribution < -0.4 is 0 Å². The Morgan fingerprint density at radius 1 is 1.45 bits per heavy atom. The number of hydrogen-bond acceptors (Lipinski definition) is 3. The summed E-state index contributed by atoms with van der Waals surface area (Å²) in [6, 6.07) is 4.52. The van der Waals surface area contributed by atoms with Gasteiger partial charge >= 0.3 is 0 Å². The fraction of sp³-hybridized carbons (Fsp3) is 0. The first-order chi connectivity index (χ1) is 5.24. The normalized spacial score (nSPS) is 10.6. The molecule has 0 radical (unpaired) electrons. The lowest BCUT2D eigenvalue weighted by atomic mass is 10.2. The molecule has 0 atom stereocenters. The zero-order valence-electron chi connectivity index (χ0n) is 5.53. The van der Waals surface area contributed by atoms with E-state index >= 15 is 0 Å². The van der Waals surface area contributed by atoms with Gasteiger partial charge < -0.3 is 10.3 Å². The largest absolute Gasteiger partial charge is 0.507 e. The number of phenols is 1. The zero-order chi connectivity index (χ0) is 8.27. The molecule has 0 saturated heterocycles. The van der Waals surface area contributed by atoms with Crippen LogP contribution in [0.1, 0.15) is 5.56 Å². The minimum atomic E-state index is -0.00435. The van der Waals surface area contributed by atoms with E-state index in [4.69, 9.17) is 21.9 Å². The van der Waals surface area contributed by atoms with Gasteiger partial charge in [-0.1, -0.05) is 16.8 Å². The van der Waals surface area contributed by atoms with Crippen LogP contribution in [0, 0.1) is 0 Å². The molecule has 1 aromatic carbocycles. The molecular formula is C7H6ClNO2. The first-order valence-corrected chi connectivity index (χ1v) is 3.28. The summed E-state index contributed by atoms with van der Waals surface area (Å²) in [6.45, 7) is 0. The standard InChI is InChI=1S/C7H6ClNO2/c8-6-2-1-5(4-9-11)7(10)3-6/h1-4,10-11H. The Morgan fingerprint density at radius 3 is 2.73 bits per heavy atom. The molecular weight excluding hydrogens is 166 g/mol. The van der Waals surface area contributed by atoms with Gasteiger partial charge in [0.05, 0.1) is 6.21 Å². The molecule has 1 aromatic rings. The van der Waals surface area contributed by atoms with Gasteiger partial charge in [-0.05, 0) is 18.2 Å². The van der Waals surface area contributed by atoms with Crippen molar-refractivity contribution in [3.8, 4) is 5.75 Å². The average Bonchev–Trinajstić information content (AvgIpc) is 1.95. The van der Waals surface area contributed by atoms with E-state index < -0.39 is 0 Å². The Hall–Kier alpha value is -1.22. The van der Waals surface area contributed by atoms with Crippen LogP contribution >= 0.6 is 11.6 Å². The van der Waals surface area contributed by atoms with Crippen molar-refractivity contribution >= 4 is 17.8 Å². The highest BCUT2D eigenvalue weighted by atomic mass is 35.5. The zero-order valence-corrected chi connectivity index (χ0v) is 6.28. The topological polar surface area (TPSA) is 52.8 Å².